The molecule has 0 aliphatic rings. The molecule has 114 valence electrons. The van der Waals surface area contributed by atoms with Gasteiger partial charge < -0.3 is 9.67 Å². The number of nitrogens with zero attached hydrogens (tertiary/aromatic N) is 2. The second-order valence-electron chi connectivity index (χ2n) is 4.56. The van der Waals surface area contributed by atoms with Crippen molar-refractivity contribution in [3.63, 3.8) is 0 Å². The zero-order valence-corrected chi connectivity index (χ0v) is 13.5. The van der Waals surface area contributed by atoms with Gasteiger partial charge in [0, 0.05) is 18.3 Å². The van der Waals surface area contributed by atoms with Gasteiger partial charge in [0.1, 0.15) is 5.75 Å². The van der Waals surface area contributed by atoms with Crippen molar-refractivity contribution in [1.29, 1.82) is 5.26 Å². The van der Waals surface area contributed by atoms with Crippen LogP contribution in [0.5, 0.6) is 5.75 Å². The molecule has 2 rings (SSSR count). The van der Waals surface area contributed by atoms with Gasteiger partial charge in [-0.15, -0.1) is 0 Å². The van der Waals surface area contributed by atoms with Crippen molar-refractivity contribution in [1.82, 2.24) is 4.57 Å². The lowest BCUT2D eigenvalue weighted by molar-refractivity contribution is 0.473. The lowest BCUT2D eigenvalue weighted by Gasteiger charge is -2.14. The fraction of sp³-hybridized carbons (Fsp3) is 0.200. The van der Waals surface area contributed by atoms with E-state index in [2.05, 4.69) is 0 Å². The van der Waals surface area contributed by atoms with Crippen molar-refractivity contribution in [2.24, 2.45) is 0 Å². The Morgan fingerprint density at radius 1 is 1.27 bits per heavy atom. The number of nitriles is 1. The van der Waals surface area contributed by atoms with Gasteiger partial charge in [-0.2, -0.15) is 5.26 Å². The van der Waals surface area contributed by atoms with E-state index in [0.29, 0.717) is 11.1 Å². The van der Waals surface area contributed by atoms with Crippen LogP contribution in [0.3, 0.4) is 0 Å². The molecule has 0 spiro atoms. The van der Waals surface area contributed by atoms with Gasteiger partial charge in [-0.3, -0.25) is 4.79 Å². The minimum absolute atomic E-state index is 0.108. The Bertz CT molecular complexity index is 789. The van der Waals surface area contributed by atoms with Crippen LogP contribution in [0.1, 0.15) is 12.0 Å². The summed E-state index contributed by atoms with van der Waals surface area (Å²) in [5.74, 6) is -0.167. The first-order valence-electron chi connectivity index (χ1n) is 6.31. The van der Waals surface area contributed by atoms with E-state index in [1.54, 1.807) is 18.2 Å². The summed E-state index contributed by atoms with van der Waals surface area (Å²) in [4.78, 5) is 12.5. The summed E-state index contributed by atoms with van der Waals surface area (Å²) < 4.78 is -0.263. The maximum Gasteiger partial charge on any atom is 0.262 e. The van der Waals surface area contributed by atoms with Crippen LogP contribution in [0.25, 0.3) is 11.1 Å². The third kappa shape index (κ3) is 3.56. The average molecular weight is 358 g/mol. The lowest BCUT2D eigenvalue weighted by atomic mass is 10.0. The SMILES string of the molecule is N#CCCn1ccc(O)c(-c2cccc(C(Cl)(Cl)Cl)c2)c1=O. The lowest BCUT2D eigenvalue weighted by Crippen LogP contribution is -2.21. The first kappa shape index (κ1) is 16.7. The Morgan fingerprint density at radius 3 is 2.64 bits per heavy atom. The molecule has 0 radical (unpaired) electrons. The van der Waals surface area contributed by atoms with E-state index in [9.17, 15) is 9.90 Å². The molecule has 1 heterocycles. The molecule has 4 nitrogen and oxygen atoms in total. The highest BCUT2D eigenvalue weighted by Crippen LogP contribution is 2.39. The molecular formula is C15H11Cl3N2O2. The first-order chi connectivity index (χ1) is 10.3. The molecular weight excluding hydrogens is 347 g/mol. The number of benzene rings is 1. The molecule has 1 N–H and O–H groups in total. The fourth-order valence-corrected chi connectivity index (χ4v) is 2.39. The zero-order valence-electron chi connectivity index (χ0n) is 11.3. The van der Waals surface area contributed by atoms with E-state index < -0.39 is 9.35 Å². The second-order valence-corrected chi connectivity index (χ2v) is 6.84. The first-order valence-corrected chi connectivity index (χ1v) is 7.45. The molecule has 7 heteroatoms. The van der Waals surface area contributed by atoms with E-state index >= 15 is 0 Å². The normalized spacial score (nSPS) is 11.2. The van der Waals surface area contributed by atoms with Gasteiger partial charge in [-0.1, -0.05) is 53.0 Å². The molecule has 0 aliphatic carbocycles. The predicted octanol–water partition coefficient (Wildman–Crippen LogP) is 3.96. The number of rotatable bonds is 3. The van der Waals surface area contributed by atoms with Crippen molar-refractivity contribution in [2.45, 2.75) is 16.8 Å². The predicted molar refractivity (Wildman–Crippen MR) is 87.3 cm³/mol. The standard InChI is InChI=1S/C15H11Cl3N2O2/c16-15(17,18)11-4-1-3-10(9-11)13-12(21)5-8-20(14(13)22)7-2-6-19/h1,3-5,8-9,21H,2,7H2. The molecule has 0 amide bonds. The Balaban J connectivity index is 2.58. The molecule has 0 fully saturated rings. The third-order valence-electron chi connectivity index (χ3n) is 3.09. The largest absolute Gasteiger partial charge is 0.507 e. The minimum Gasteiger partial charge on any atom is -0.507 e. The molecule has 0 bridgehead atoms. The van der Waals surface area contributed by atoms with Crippen molar-refractivity contribution in [3.8, 4) is 22.9 Å². The highest BCUT2D eigenvalue weighted by molar-refractivity contribution is 6.66. The highest BCUT2D eigenvalue weighted by atomic mass is 35.6. The van der Waals surface area contributed by atoms with Crippen molar-refractivity contribution < 1.29 is 5.11 Å². The number of aromatic hydroxyl groups is 1. The maximum atomic E-state index is 12.5. The van der Waals surface area contributed by atoms with Gasteiger partial charge in [-0.25, -0.2) is 0 Å². The van der Waals surface area contributed by atoms with Crippen LogP contribution in [-0.2, 0) is 10.3 Å². The van der Waals surface area contributed by atoms with Gasteiger partial charge >= 0.3 is 0 Å². The molecule has 0 saturated heterocycles. The van der Waals surface area contributed by atoms with Gasteiger partial charge in [0.2, 0.25) is 3.79 Å². The third-order valence-corrected chi connectivity index (χ3v) is 3.74. The number of halogens is 3. The van der Waals surface area contributed by atoms with Crippen LogP contribution in [0, 0.1) is 11.3 Å². The maximum absolute atomic E-state index is 12.5. The number of pyridine rings is 1. The number of hydrogen-bond acceptors (Lipinski definition) is 3. The number of hydrogen-bond donors (Lipinski definition) is 1. The fourth-order valence-electron chi connectivity index (χ4n) is 2.03. The molecule has 0 aliphatic heterocycles. The minimum atomic E-state index is -1.62. The molecule has 0 saturated carbocycles. The number of aromatic nitrogens is 1. The summed E-state index contributed by atoms with van der Waals surface area (Å²) in [5, 5.41) is 18.6. The molecule has 22 heavy (non-hydrogen) atoms. The van der Waals surface area contributed by atoms with E-state index in [0.717, 1.165) is 0 Å². The van der Waals surface area contributed by atoms with E-state index in [1.165, 1.54) is 22.9 Å². The van der Waals surface area contributed by atoms with Crippen LogP contribution < -0.4 is 5.56 Å². The Morgan fingerprint density at radius 2 is 2.00 bits per heavy atom. The van der Waals surface area contributed by atoms with Gasteiger partial charge in [0.25, 0.3) is 5.56 Å². The summed E-state index contributed by atoms with van der Waals surface area (Å²) in [6, 6.07) is 9.81. The second kappa shape index (κ2) is 6.62. The van der Waals surface area contributed by atoms with Crippen LogP contribution in [0.4, 0.5) is 0 Å². The quantitative estimate of drug-likeness (QED) is 0.846. The summed E-state index contributed by atoms with van der Waals surface area (Å²) in [5.41, 5.74) is 0.534. The van der Waals surface area contributed by atoms with Gasteiger partial charge in [-0.05, 0) is 17.7 Å². The Labute approximate surface area is 142 Å². The molecule has 2 aromatic rings. The number of alkyl halides is 3. The van der Waals surface area contributed by atoms with E-state index in [1.807, 2.05) is 6.07 Å². The van der Waals surface area contributed by atoms with Crippen molar-refractivity contribution in [2.75, 3.05) is 0 Å². The highest BCUT2D eigenvalue weighted by Gasteiger charge is 2.23. The summed E-state index contributed by atoms with van der Waals surface area (Å²) in [7, 11) is 0. The van der Waals surface area contributed by atoms with E-state index in [-0.39, 0.29) is 24.3 Å². The van der Waals surface area contributed by atoms with Crippen LogP contribution in [0.15, 0.2) is 41.3 Å². The average Bonchev–Trinajstić information content (AvgIpc) is 2.46. The summed E-state index contributed by atoms with van der Waals surface area (Å²) >= 11 is 17.5. The smallest absolute Gasteiger partial charge is 0.262 e. The van der Waals surface area contributed by atoms with E-state index in [4.69, 9.17) is 40.1 Å². The van der Waals surface area contributed by atoms with Crippen LogP contribution in [-0.4, -0.2) is 9.67 Å². The van der Waals surface area contributed by atoms with Crippen LogP contribution in [0.2, 0.25) is 0 Å². The topological polar surface area (TPSA) is 66.0 Å². The van der Waals surface area contributed by atoms with Crippen molar-refractivity contribution >= 4 is 34.8 Å². The Kier molecular flexibility index (Phi) is 5.02. The summed E-state index contributed by atoms with van der Waals surface area (Å²) in [6.45, 7) is 0.243. The molecule has 1 aromatic carbocycles. The molecule has 0 atom stereocenters. The van der Waals surface area contributed by atoms with Crippen molar-refractivity contribution in [3.05, 3.63) is 52.4 Å². The molecule has 0 unspecified atom stereocenters. The van der Waals surface area contributed by atoms with Crippen LogP contribution >= 0.6 is 34.8 Å². The van der Waals surface area contributed by atoms with Gasteiger partial charge in [0.15, 0.2) is 0 Å². The number of aryl methyl sites for hydroxylation is 1. The monoisotopic (exact) mass is 356 g/mol. The molecule has 1 aromatic heterocycles. The zero-order chi connectivity index (χ0) is 16.3. The summed E-state index contributed by atoms with van der Waals surface area (Å²) in [6.07, 6.45) is 1.63. The Hall–Kier alpha value is -1.67. The van der Waals surface area contributed by atoms with Gasteiger partial charge in [0.05, 0.1) is 18.1 Å².